The zero-order valence-corrected chi connectivity index (χ0v) is 8.49. The lowest BCUT2D eigenvalue weighted by atomic mass is 10.1. The van der Waals surface area contributed by atoms with Gasteiger partial charge in [0.2, 0.25) is 0 Å². The topological polar surface area (TPSA) is 58.0 Å². The second-order valence-electron chi connectivity index (χ2n) is 3.07. The summed E-state index contributed by atoms with van der Waals surface area (Å²) in [5, 5.41) is 20.3. The average Bonchev–Trinajstić information content (AvgIpc) is 2.17. The Morgan fingerprint density at radius 3 is 2.86 bits per heavy atom. The van der Waals surface area contributed by atoms with Gasteiger partial charge in [0, 0.05) is 0 Å². The van der Waals surface area contributed by atoms with Crippen LogP contribution in [0, 0.1) is 6.92 Å². The van der Waals surface area contributed by atoms with E-state index in [2.05, 4.69) is 22.1 Å². The zero-order chi connectivity index (χ0) is 10.6. The number of nitrogens with zero attached hydrogens (tertiary/aromatic N) is 2. The first-order valence-electron chi connectivity index (χ1n) is 4.58. The smallest absolute Gasteiger partial charge is 0.152 e. The molecule has 4 heteroatoms. The molecule has 0 spiro atoms. The maximum absolute atomic E-state index is 9.59. The Morgan fingerprint density at radius 2 is 2.36 bits per heavy atom. The van der Waals surface area contributed by atoms with Crippen LogP contribution in [-0.2, 0) is 0 Å². The fourth-order valence-corrected chi connectivity index (χ4v) is 1.19. The van der Waals surface area contributed by atoms with E-state index in [4.69, 9.17) is 0 Å². The zero-order valence-electron chi connectivity index (χ0n) is 8.49. The van der Waals surface area contributed by atoms with Gasteiger partial charge < -0.3 is 10.4 Å². The molecule has 0 radical (unpaired) electrons. The Labute approximate surface area is 83.7 Å². The van der Waals surface area contributed by atoms with E-state index in [0.717, 1.165) is 5.56 Å². The third-order valence-corrected chi connectivity index (χ3v) is 1.97. The normalized spacial score (nSPS) is 12.2. The first-order chi connectivity index (χ1) is 6.69. The molecule has 0 aliphatic rings. The van der Waals surface area contributed by atoms with Crippen LogP contribution in [0.5, 0.6) is 0 Å². The minimum Gasteiger partial charge on any atom is -0.387 e. The lowest BCUT2D eigenvalue weighted by molar-refractivity contribution is 0.167. The molecule has 1 atom stereocenters. The van der Waals surface area contributed by atoms with Gasteiger partial charge in [-0.2, -0.15) is 5.10 Å². The van der Waals surface area contributed by atoms with Gasteiger partial charge in [0.15, 0.2) is 5.82 Å². The van der Waals surface area contributed by atoms with Crippen molar-refractivity contribution < 1.29 is 5.11 Å². The minimum atomic E-state index is -0.528. The number of rotatable bonds is 4. The number of nitrogens with one attached hydrogen (secondary N) is 1. The summed E-state index contributed by atoms with van der Waals surface area (Å²) in [7, 11) is 0. The molecule has 14 heavy (non-hydrogen) atoms. The van der Waals surface area contributed by atoms with Crippen LogP contribution in [0.2, 0.25) is 0 Å². The van der Waals surface area contributed by atoms with Crippen LogP contribution in [-0.4, -0.2) is 15.3 Å². The Hall–Kier alpha value is -1.42. The standard InChI is InChI=1S/C10H15N3O/c1-4-8(14)10-7(3)6-9(11-5-2)12-13-10/h5-6,8,14H,2,4H2,1,3H3,(H,11,12)/t8-/m1/s1. The molecule has 0 unspecified atom stereocenters. The van der Waals surface area contributed by atoms with Gasteiger partial charge in [0.05, 0.1) is 11.8 Å². The van der Waals surface area contributed by atoms with Crippen molar-refractivity contribution in [2.45, 2.75) is 26.4 Å². The van der Waals surface area contributed by atoms with E-state index in [-0.39, 0.29) is 0 Å². The summed E-state index contributed by atoms with van der Waals surface area (Å²) >= 11 is 0. The summed E-state index contributed by atoms with van der Waals surface area (Å²) in [5.41, 5.74) is 1.57. The molecule has 4 nitrogen and oxygen atoms in total. The first kappa shape index (κ1) is 10.7. The van der Waals surface area contributed by atoms with E-state index in [0.29, 0.717) is 17.9 Å². The first-order valence-corrected chi connectivity index (χ1v) is 4.58. The third kappa shape index (κ3) is 2.29. The Morgan fingerprint density at radius 1 is 1.64 bits per heavy atom. The summed E-state index contributed by atoms with van der Waals surface area (Å²) in [6.07, 6.45) is 1.66. The van der Waals surface area contributed by atoms with Crippen LogP contribution in [0.3, 0.4) is 0 Å². The highest BCUT2D eigenvalue weighted by Crippen LogP contribution is 2.18. The van der Waals surface area contributed by atoms with Crippen molar-refractivity contribution in [1.29, 1.82) is 0 Å². The maximum Gasteiger partial charge on any atom is 0.152 e. The molecule has 1 aromatic rings. The summed E-state index contributed by atoms with van der Waals surface area (Å²) in [4.78, 5) is 0. The minimum absolute atomic E-state index is 0.528. The van der Waals surface area contributed by atoms with Crippen molar-refractivity contribution in [2.24, 2.45) is 0 Å². The van der Waals surface area contributed by atoms with Crippen molar-refractivity contribution in [3.8, 4) is 0 Å². The van der Waals surface area contributed by atoms with Gasteiger partial charge in [-0.25, -0.2) is 0 Å². The van der Waals surface area contributed by atoms with Crippen LogP contribution < -0.4 is 5.32 Å². The SMILES string of the molecule is C=CNc1cc(C)c([C@H](O)CC)nn1. The van der Waals surface area contributed by atoms with E-state index < -0.39 is 6.10 Å². The molecule has 0 saturated heterocycles. The van der Waals surface area contributed by atoms with Gasteiger partial charge in [-0.15, -0.1) is 5.10 Å². The third-order valence-electron chi connectivity index (χ3n) is 1.97. The molecule has 0 aromatic carbocycles. The molecule has 0 amide bonds. The predicted molar refractivity (Wildman–Crippen MR) is 55.8 cm³/mol. The summed E-state index contributed by atoms with van der Waals surface area (Å²) in [6, 6.07) is 1.84. The molecule has 1 rings (SSSR count). The van der Waals surface area contributed by atoms with E-state index in [9.17, 15) is 5.11 Å². The van der Waals surface area contributed by atoms with Crippen LogP contribution in [0.25, 0.3) is 0 Å². The Bertz CT molecular complexity index is 325. The number of aliphatic hydroxyl groups excluding tert-OH is 1. The van der Waals surface area contributed by atoms with Gasteiger partial charge in [0.25, 0.3) is 0 Å². The second kappa shape index (κ2) is 4.72. The van der Waals surface area contributed by atoms with Crippen molar-refractivity contribution in [1.82, 2.24) is 10.2 Å². The highest BCUT2D eigenvalue weighted by Gasteiger charge is 2.10. The van der Waals surface area contributed by atoms with Crippen molar-refractivity contribution in [3.05, 3.63) is 30.1 Å². The second-order valence-corrected chi connectivity index (χ2v) is 3.07. The summed E-state index contributed by atoms with van der Waals surface area (Å²) in [5.74, 6) is 0.643. The van der Waals surface area contributed by atoms with Gasteiger partial charge in [-0.3, -0.25) is 0 Å². The lowest BCUT2D eigenvalue weighted by Crippen LogP contribution is -2.05. The van der Waals surface area contributed by atoms with E-state index in [1.165, 1.54) is 0 Å². The molecule has 0 aliphatic carbocycles. The van der Waals surface area contributed by atoms with E-state index in [1.54, 1.807) is 6.20 Å². The molecular formula is C10H15N3O. The fraction of sp³-hybridized carbons (Fsp3) is 0.400. The number of hydrogen-bond donors (Lipinski definition) is 2. The van der Waals surface area contributed by atoms with Crippen LogP contribution in [0.4, 0.5) is 5.82 Å². The molecule has 76 valence electrons. The molecule has 1 heterocycles. The lowest BCUT2D eigenvalue weighted by Gasteiger charge is -2.10. The molecular weight excluding hydrogens is 178 g/mol. The van der Waals surface area contributed by atoms with Crippen molar-refractivity contribution in [3.63, 3.8) is 0 Å². The van der Waals surface area contributed by atoms with Crippen molar-refractivity contribution in [2.75, 3.05) is 5.32 Å². The maximum atomic E-state index is 9.59. The molecule has 0 aliphatic heterocycles. The molecule has 2 N–H and O–H groups in total. The van der Waals surface area contributed by atoms with Crippen molar-refractivity contribution >= 4 is 5.82 Å². The highest BCUT2D eigenvalue weighted by atomic mass is 16.3. The predicted octanol–water partition coefficient (Wildman–Crippen LogP) is 1.78. The number of aliphatic hydroxyl groups is 1. The van der Waals surface area contributed by atoms with E-state index in [1.807, 2.05) is 19.9 Å². The average molecular weight is 193 g/mol. The number of aromatic nitrogens is 2. The molecule has 0 saturated carbocycles. The summed E-state index contributed by atoms with van der Waals surface area (Å²) < 4.78 is 0. The van der Waals surface area contributed by atoms with Gasteiger partial charge in [-0.05, 0) is 31.2 Å². The van der Waals surface area contributed by atoms with Crippen LogP contribution >= 0.6 is 0 Å². The largest absolute Gasteiger partial charge is 0.387 e. The molecule has 0 bridgehead atoms. The molecule has 1 aromatic heterocycles. The van der Waals surface area contributed by atoms with E-state index >= 15 is 0 Å². The number of anilines is 1. The Kier molecular flexibility index (Phi) is 3.59. The van der Waals surface area contributed by atoms with Crippen LogP contribution in [0.1, 0.15) is 30.7 Å². The summed E-state index contributed by atoms with van der Waals surface area (Å²) in [6.45, 7) is 7.34. The quantitative estimate of drug-likeness (QED) is 0.765. The van der Waals surface area contributed by atoms with Gasteiger partial charge in [-0.1, -0.05) is 13.5 Å². The monoisotopic (exact) mass is 193 g/mol. The van der Waals surface area contributed by atoms with Gasteiger partial charge >= 0.3 is 0 Å². The Balaban J connectivity index is 2.94. The number of aryl methyl sites for hydroxylation is 1. The fourth-order valence-electron chi connectivity index (χ4n) is 1.19. The number of hydrogen-bond acceptors (Lipinski definition) is 4. The van der Waals surface area contributed by atoms with Gasteiger partial charge in [0.1, 0.15) is 0 Å². The van der Waals surface area contributed by atoms with Crippen LogP contribution in [0.15, 0.2) is 18.8 Å². The molecule has 0 fully saturated rings. The highest BCUT2D eigenvalue weighted by molar-refractivity contribution is 5.40.